The Morgan fingerprint density at radius 3 is 2.44 bits per heavy atom. The Balaban J connectivity index is 2.05. The lowest BCUT2D eigenvalue weighted by Crippen LogP contribution is -2.18. The van der Waals surface area contributed by atoms with Crippen LogP contribution in [-0.2, 0) is 13.0 Å². The summed E-state index contributed by atoms with van der Waals surface area (Å²) in [5, 5.41) is 10.5. The zero-order chi connectivity index (χ0) is 13.0. The number of hydrogen-bond acceptors (Lipinski definition) is 3. The zero-order valence-electron chi connectivity index (χ0n) is 9.65. The van der Waals surface area contributed by atoms with Crippen LogP contribution in [-0.4, -0.2) is 9.49 Å². The maximum absolute atomic E-state index is 11.5. The van der Waals surface area contributed by atoms with E-state index < -0.39 is 4.92 Å². The van der Waals surface area contributed by atoms with Crippen LogP contribution in [0.5, 0.6) is 0 Å². The van der Waals surface area contributed by atoms with E-state index >= 15 is 0 Å². The summed E-state index contributed by atoms with van der Waals surface area (Å²) in [7, 11) is 0. The summed E-state index contributed by atoms with van der Waals surface area (Å²) in [6, 6.07) is 11.4. The van der Waals surface area contributed by atoms with Crippen LogP contribution in [0.25, 0.3) is 0 Å². The molecule has 5 nitrogen and oxygen atoms in total. The van der Waals surface area contributed by atoms with Crippen LogP contribution in [0.4, 0.5) is 5.69 Å². The summed E-state index contributed by atoms with van der Waals surface area (Å²) in [5.41, 5.74) is 1.01. The van der Waals surface area contributed by atoms with E-state index in [0.717, 1.165) is 5.56 Å². The largest absolute Gasteiger partial charge is 0.315 e. The van der Waals surface area contributed by atoms with E-state index in [1.165, 1.54) is 18.2 Å². The van der Waals surface area contributed by atoms with Crippen molar-refractivity contribution in [3.63, 3.8) is 0 Å². The fourth-order valence-electron chi connectivity index (χ4n) is 1.68. The second kappa shape index (κ2) is 5.27. The van der Waals surface area contributed by atoms with Gasteiger partial charge in [-0.2, -0.15) is 0 Å². The van der Waals surface area contributed by atoms with Gasteiger partial charge in [0.2, 0.25) is 0 Å². The molecule has 0 aliphatic carbocycles. The van der Waals surface area contributed by atoms with E-state index in [4.69, 9.17) is 0 Å². The van der Waals surface area contributed by atoms with Crippen LogP contribution in [0.15, 0.2) is 53.5 Å². The van der Waals surface area contributed by atoms with Crippen molar-refractivity contribution in [2.75, 3.05) is 0 Å². The molecule has 1 heterocycles. The number of nitro benzene ring substituents is 1. The van der Waals surface area contributed by atoms with E-state index in [2.05, 4.69) is 0 Å². The maximum atomic E-state index is 11.5. The van der Waals surface area contributed by atoms with Gasteiger partial charge in [0.1, 0.15) is 0 Å². The number of nitrogens with zero attached hydrogens (tertiary/aromatic N) is 2. The highest BCUT2D eigenvalue weighted by Gasteiger charge is 2.03. The summed E-state index contributed by atoms with van der Waals surface area (Å²) in [6.07, 6.45) is 2.40. The number of aryl methyl sites for hydroxylation is 2. The molecular formula is C13H12N2O3. The molecule has 0 aliphatic rings. The van der Waals surface area contributed by atoms with E-state index in [1.807, 2.05) is 0 Å². The Bertz CT molecular complexity index is 602. The van der Waals surface area contributed by atoms with Gasteiger partial charge in [-0.25, -0.2) is 0 Å². The van der Waals surface area contributed by atoms with Gasteiger partial charge in [-0.15, -0.1) is 0 Å². The van der Waals surface area contributed by atoms with Gasteiger partial charge in [0.25, 0.3) is 11.2 Å². The Morgan fingerprint density at radius 2 is 1.83 bits per heavy atom. The number of rotatable bonds is 4. The van der Waals surface area contributed by atoms with Gasteiger partial charge in [0.15, 0.2) is 0 Å². The minimum absolute atomic E-state index is 0.0422. The van der Waals surface area contributed by atoms with Crippen molar-refractivity contribution in [2.24, 2.45) is 0 Å². The molecule has 0 spiro atoms. The molecule has 18 heavy (non-hydrogen) atoms. The van der Waals surface area contributed by atoms with E-state index in [-0.39, 0.29) is 11.2 Å². The molecule has 2 rings (SSSR count). The first-order valence-corrected chi connectivity index (χ1v) is 5.55. The third-order valence-corrected chi connectivity index (χ3v) is 2.69. The van der Waals surface area contributed by atoms with Crippen LogP contribution in [0, 0.1) is 10.1 Å². The van der Waals surface area contributed by atoms with Crippen molar-refractivity contribution in [3.8, 4) is 0 Å². The molecule has 0 radical (unpaired) electrons. The molecule has 0 fully saturated rings. The summed E-state index contributed by atoms with van der Waals surface area (Å²) in [6.45, 7) is 0.567. The first-order valence-electron chi connectivity index (χ1n) is 5.55. The molecule has 1 aromatic carbocycles. The van der Waals surface area contributed by atoms with Crippen molar-refractivity contribution in [3.05, 3.63) is 74.7 Å². The van der Waals surface area contributed by atoms with Crippen molar-refractivity contribution in [1.29, 1.82) is 0 Å². The standard InChI is InChI=1S/C13H12N2O3/c16-13-3-1-2-9-14(13)10-8-11-4-6-12(7-5-11)15(17)18/h1-7,9H,8,10H2. The fraction of sp³-hybridized carbons (Fsp3) is 0.154. The molecule has 0 atom stereocenters. The van der Waals surface area contributed by atoms with Gasteiger partial charge >= 0.3 is 0 Å². The molecule has 0 amide bonds. The number of aromatic nitrogens is 1. The number of hydrogen-bond donors (Lipinski definition) is 0. The van der Waals surface area contributed by atoms with E-state index in [1.54, 1.807) is 35.0 Å². The number of pyridine rings is 1. The predicted molar refractivity (Wildman–Crippen MR) is 67.5 cm³/mol. The third kappa shape index (κ3) is 2.82. The SMILES string of the molecule is O=c1ccccn1CCc1ccc([N+](=O)[O-])cc1. The summed E-state index contributed by atoms with van der Waals surface area (Å²) in [5.74, 6) is 0. The van der Waals surface area contributed by atoms with Gasteiger partial charge in [-0.1, -0.05) is 18.2 Å². The molecule has 0 unspecified atom stereocenters. The summed E-state index contributed by atoms with van der Waals surface area (Å²) in [4.78, 5) is 21.5. The van der Waals surface area contributed by atoms with Crippen molar-refractivity contribution in [2.45, 2.75) is 13.0 Å². The average Bonchev–Trinajstić information content (AvgIpc) is 2.38. The lowest BCUT2D eigenvalue weighted by atomic mass is 10.1. The van der Waals surface area contributed by atoms with Crippen molar-refractivity contribution >= 4 is 5.69 Å². The van der Waals surface area contributed by atoms with Crippen LogP contribution in [0.1, 0.15) is 5.56 Å². The fourth-order valence-corrected chi connectivity index (χ4v) is 1.68. The molecule has 0 N–H and O–H groups in total. The lowest BCUT2D eigenvalue weighted by molar-refractivity contribution is -0.384. The quantitative estimate of drug-likeness (QED) is 0.610. The molecule has 1 aromatic heterocycles. The Labute approximate surface area is 103 Å². The topological polar surface area (TPSA) is 65.1 Å². The highest BCUT2D eigenvalue weighted by atomic mass is 16.6. The van der Waals surface area contributed by atoms with Gasteiger partial charge in [0, 0.05) is 30.9 Å². The van der Waals surface area contributed by atoms with Gasteiger partial charge in [-0.3, -0.25) is 14.9 Å². The second-order valence-corrected chi connectivity index (χ2v) is 3.91. The van der Waals surface area contributed by atoms with E-state index in [0.29, 0.717) is 13.0 Å². The molecule has 5 heteroatoms. The molecule has 92 valence electrons. The average molecular weight is 244 g/mol. The van der Waals surface area contributed by atoms with Crippen LogP contribution >= 0.6 is 0 Å². The first kappa shape index (κ1) is 12.0. The smallest absolute Gasteiger partial charge is 0.269 e. The lowest BCUT2D eigenvalue weighted by Gasteiger charge is -2.04. The third-order valence-electron chi connectivity index (χ3n) is 2.69. The summed E-state index contributed by atoms with van der Waals surface area (Å²) < 4.78 is 1.61. The minimum atomic E-state index is -0.425. The Hall–Kier alpha value is -2.43. The maximum Gasteiger partial charge on any atom is 0.269 e. The Morgan fingerprint density at radius 1 is 1.11 bits per heavy atom. The molecular weight excluding hydrogens is 232 g/mol. The molecule has 2 aromatic rings. The van der Waals surface area contributed by atoms with Crippen LogP contribution in [0.3, 0.4) is 0 Å². The predicted octanol–water partition coefficient (Wildman–Crippen LogP) is 2.00. The number of non-ortho nitro benzene ring substituents is 1. The second-order valence-electron chi connectivity index (χ2n) is 3.91. The normalized spacial score (nSPS) is 10.2. The highest BCUT2D eigenvalue weighted by molar-refractivity contribution is 5.32. The zero-order valence-corrected chi connectivity index (χ0v) is 9.65. The number of nitro groups is 1. The molecule has 0 aliphatic heterocycles. The molecule has 0 bridgehead atoms. The van der Waals surface area contributed by atoms with Crippen LogP contribution < -0.4 is 5.56 Å². The van der Waals surface area contributed by atoms with Gasteiger partial charge in [-0.05, 0) is 18.1 Å². The Kier molecular flexibility index (Phi) is 3.52. The van der Waals surface area contributed by atoms with Gasteiger partial charge < -0.3 is 4.57 Å². The summed E-state index contributed by atoms with van der Waals surface area (Å²) >= 11 is 0. The number of benzene rings is 1. The van der Waals surface area contributed by atoms with Crippen LogP contribution in [0.2, 0.25) is 0 Å². The minimum Gasteiger partial charge on any atom is -0.315 e. The first-order chi connectivity index (χ1) is 8.66. The monoisotopic (exact) mass is 244 g/mol. The molecule has 0 saturated carbocycles. The van der Waals surface area contributed by atoms with Gasteiger partial charge in [0.05, 0.1) is 4.92 Å². The van der Waals surface area contributed by atoms with E-state index in [9.17, 15) is 14.9 Å². The van der Waals surface area contributed by atoms with Crippen molar-refractivity contribution in [1.82, 2.24) is 4.57 Å². The van der Waals surface area contributed by atoms with Crippen molar-refractivity contribution < 1.29 is 4.92 Å². The molecule has 0 saturated heterocycles. The highest BCUT2D eigenvalue weighted by Crippen LogP contribution is 2.12.